The molecule has 8 nitrogen and oxygen atoms in total. The fourth-order valence-corrected chi connectivity index (χ4v) is 4.82. The summed E-state index contributed by atoms with van der Waals surface area (Å²) in [6, 6.07) is 1.54. The third-order valence-electron chi connectivity index (χ3n) is 6.97. The van der Waals surface area contributed by atoms with Gasteiger partial charge in [0.2, 0.25) is 5.88 Å². The van der Waals surface area contributed by atoms with Gasteiger partial charge in [-0.1, -0.05) is 6.92 Å². The number of ether oxygens (including phenoxy) is 2. The lowest BCUT2D eigenvalue weighted by atomic mass is 10.0. The number of likely N-dealkylation sites (N-methyl/N-ethyl adjacent to an activating group) is 1. The van der Waals surface area contributed by atoms with Crippen LogP contribution in [-0.2, 0) is 0 Å². The number of aromatic nitrogens is 2. The summed E-state index contributed by atoms with van der Waals surface area (Å²) in [4.78, 5) is 11.0. The summed E-state index contributed by atoms with van der Waals surface area (Å²) in [7, 11) is 3.98. The molecule has 40 heavy (non-hydrogen) atoms. The molecule has 0 spiro atoms. The first-order valence-corrected chi connectivity index (χ1v) is 12.9. The van der Waals surface area contributed by atoms with Crippen molar-refractivity contribution in [3.05, 3.63) is 35.0 Å². The van der Waals surface area contributed by atoms with Crippen LogP contribution in [0.5, 0.6) is 11.6 Å². The SMILES string of the molecule is CCC(CN(C)C)NC[C@@H]1Nc2nc(C)c(C)c3c(F)c(-c4cc(N)cc(F)c4OC(F)(F)F)nc(c23)OC1C. The highest BCUT2D eigenvalue weighted by Crippen LogP contribution is 2.44. The standard InChI is InChI=1S/C27H33F5N6O2/c1-7-16(11-38(5)6)34-10-19-14(4)39-26-21-20(12(2)13(3)35-25(21)36-19)22(29)23(37-26)17-8-15(33)9-18(28)24(17)40-27(30,31)32/h8-9,14,16,19,34H,7,10-11,33H2,1-6H3,(H,35,36)/t14?,16?,19-/m0/s1. The van der Waals surface area contributed by atoms with Gasteiger partial charge in [-0.25, -0.2) is 18.7 Å². The van der Waals surface area contributed by atoms with E-state index in [0.717, 1.165) is 19.0 Å². The molecular formula is C27H33F5N6O2. The van der Waals surface area contributed by atoms with Crippen molar-refractivity contribution in [1.29, 1.82) is 0 Å². The Labute approximate surface area is 229 Å². The Morgan fingerprint density at radius 2 is 1.88 bits per heavy atom. The highest BCUT2D eigenvalue weighted by molar-refractivity contribution is 6.01. The molecule has 4 rings (SSSR count). The number of nitrogens with one attached hydrogen (secondary N) is 2. The summed E-state index contributed by atoms with van der Waals surface area (Å²) in [5, 5.41) is 7.14. The molecule has 1 aliphatic rings. The van der Waals surface area contributed by atoms with Gasteiger partial charge in [0.1, 0.15) is 17.6 Å². The molecule has 3 atom stereocenters. The zero-order chi connectivity index (χ0) is 29.5. The number of alkyl halides is 3. The van der Waals surface area contributed by atoms with E-state index in [1.54, 1.807) is 20.8 Å². The molecule has 3 aromatic rings. The van der Waals surface area contributed by atoms with Crippen molar-refractivity contribution < 1.29 is 31.4 Å². The lowest BCUT2D eigenvalue weighted by Crippen LogP contribution is -2.48. The molecule has 218 valence electrons. The lowest BCUT2D eigenvalue weighted by Gasteiger charge is -2.27. The van der Waals surface area contributed by atoms with Crippen molar-refractivity contribution in [1.82, 2.24) is 20.2 Å². The number of anilines is 2. The predicted octanol–water partition coefficient (Wildman–Crippen LogP) is 5.16. The lowest BCUT2D eigenvalue weighted by molar-refractivity contribution is -0.275. The van der Waals surface area contributed by atoms with Gasteiger partial charge in [-0.3, -0.25) is 0 Å². The van der Waals surface area contributed by atoms with Gasteiger partial charge in [-0.2, -0.15) is 0 Å². The second-order valence-corrected chi connectivity index (χ2v) is 10.3. The predicted molar refractivity (Wildman–Crippen MR) is 144 cm³/mol. The van der Waals surface area contributed by atoms with Crippen LogP contribution in [0.25, 0.3) is 22.0 Å². The zero-order valence-corrected chi connectivity index (χ0v) is 23.1. The molecule has 0 saturated heterocycles. The topological polar surface area (TPSA) is 97.6 Å². The highest BCUT2D eigenvalue weighted by atomic mass is 19.4. The summed E-state index contributed by atoms with van der Waals surface area (Å²) >= 11 is 0. The maximum absolute atomic E-state index is 16.2. The third kappa shape index (κ3) is 5.99. The molecule has 0 aliphatic carbocycles. The number of hydrogen-bond donors (Lipinski definition) is 3. The minimum atomic E-state index is -5.24. The Balaban J connectivity index is 1.86. The largest absolute Gasteiger partial charge is 0.573 e. The van der Waals surface area contributed by atoms with E-state index in [1.807, 2.05) is 14.1 Å². The molecule has 2 unspecified atom stereocenters. The van der Waals surface area contributed by atoms with Gasteiger partial charge in [0.25, 0.3) is 0 Å². The van der Waals surface area contributed by atoms with Crippen molar-refractivity contribution in [2.24, 2.45) is 0 Å². The Bertz CT molecular complexity index is 1420. The first-order valence-electron chi connectivity index (χ1n) is 12.9. The number of rotatable bonds is 8. The van der Waals surface area contributed by atoms with Crippen molar-refractivity contribution in [3.8, 4) is 22.9 Å². The van der Waals surface area contributed by atoms with E-state index >= 15 is 4.39 Å². The van der Waals surface area contributed by atoms with Crippen LogP contribution in [0.2, 0.25) is 0 Å². The van der Waals surface area contributed by atoms with Crippen LogP contribution in [-0.4, -0.2) is 66.6 Å². The van der Waals surface area contributed by atoms with Crippen molar-refractivity contribution in [3.63, 3.8) is 0 Å². The summed E-state index contributed by atoms with van der Waals surface area (Å²) in [6.45, 7) is 8.50. The molecule has 0 fully saturated rings. The quantitative estimate of drug-likeness (QED) is 0.253. The Hall–Kier alpha value is -3.45. The number of hydrogen-bond acceptors (Lipinski definition) is 8. The van der Waals surface area contributed by atoms with E-state index in [9.17, 15) is 17.6 Å². The Morgan fingerprint density at radius 1 is 1.18 bits per heavy atom. The van der Waals surface area contributed by atoms with Crippen LogP contribution < -0.4 is 25.8 Å². The van der Waals surface area contributed by atoms with Crippen LogP contribution in [0.1, 0.15) is 31.5 Å². The molecule has 2 aromatic heterocycles. The fourth-order valence-electron chi connectivity index (χ4n) is 4.82. The maximum Gasteiger partial charge on any atom is 0.573 e. The minimum absolute atomic E-state index is 0.0376. The summed E-state index contributed by atoms with van der Waals surface area (Å²) < 4.78 is 80.6. The average molecular weight is 569 g/mol. The van der Waals surface area contributed by atoms with Gasteiger partial charge in [-0.05, 0) is 52.9 Å². The van der Waals surface area contributed by atoms with Crippen molar-refractivity contribution >= 4 is 22.3 Å². The van der Waals surface area contributed by atoms with E-state index in [-0.39, 0.29) is 34.4 Å². The Morgan fingerprint density at radius 3 is 2.50 bits per heavy atom. The zero-order valence-electron chi connectivity index (χ0n) is 23.1. The van der Waals surface area contributed by atoms with Crippen LogP contribution in [0.4, 0.5) is 33.5 Å². The molecule has 4 N–H and O–H groups in total. The first kappa shape index (κ1) is 29.5. The molecule has 3 heterocycles. The molecule has 0 saturated carbocycles. The average Bonchev–Trinajstić information content (AvgIpc) is 2.97. The monoisotopic (exact) mass is 568 g/mol. The third-order valence-corrected chi connectivity index (χ3v) is 6.97. The molecule has 1 aliphatic heterocycles. The van der Waals surface area contributed by atoms with Crippen LogP contribution in [0, 0.1) is 25.5 Å². The normalized spacial score (nSPS) is 17.9. The van der Waals surface area contributed by atoms with Crippen molar-refractivity contribution in [2.75, 3.05) is 38.2 Å². The minimum Gasteiger partial charge on any atom is -0.472 e. The van der Waals surface area contributed by atoms with Gasteiger partial charge in [0.05, 0.1) is 17.0 Å². The van der Waals surface area contributed by atoms with Gasteiger partial charge in [0.15, 0.2) is 17.4 Å². The van der Waals surface area contributed by atoms with Crippen LogP contribution in [0.15, 0.2) is 12.1 Å². The number of aryl methyl sites for hydroxylation is 2. The number of nitrogens with zero attached hydrogens (tertiary/aromatic N) is 3. The first-order chi connectivity index (χ1) is 18.7. The maximum atomic E-state index is 16.2. The second-order valence-electron chi connectivity index (χ2n) is 10.3. The van der Waals surface area contributed by atoms with E-state index in [4.69, 9.17) is 10.5 Å². The molecule has 0 radical (unpaired) electrons. The second kappa shape index (κ2) is 11.2. The summed E-state index contributed by atoms with van der Waals surface area (Å²) in [5.41, 5.74) is 5.23. The van der Waals surface area contributed by atoms with E-state index in [0.29, 0.717) is 29.7 Å². The summed E-state index contributed by atoms with van der Waals surface area (Å²) in [5.74, 6) is -3.36. The van der Waals surface area contributed by atoms with Gasteiger partial charge >= 0.3 is 6.36 Å². The number of pyridine rings is 2. The van der Waals surface area contributed by atoms with Crippen molar-refractivity contribution in [2.45, 2.75) is 58.7 Å². The Kier molecular flexibility index (Phi) is 8.27. The van der Waals surface area contributed by atoms with Gasteiger partial charge in [-0.15, -0.1) is 13.2 Å². The molecular weight excluding hydrogens is 535 g/mol. The molecule has 0 bridgehead atoms. The fraction of sp³-hybridized carbons (Fsp3) is 0.481. The summed E-state index contributed by atoms with van der Waals surface area (Å²) in [6.07, 6.45) is -4.87. The molecule has 13 heteroatoms. The van der Waals surface area contributed by atoms with E-state index < -0.39 is 41.1 Å². The van der Waals surface area contributed by atoms with Crippen LogP contribution >= 0.6 is 0 Å². The number of nitrogen functional groups attached to an aromatic ring is 1. The van der Waals surface area contributed by atoms with Gasteiger partial charge in [0, 0.05) is 42.0 Å². The smallest absolute Gasteiger partial charge is 0.472 e. The van der Waals surface area contributed by atoms with E-state index in [2.05, 4.69) is 37.2 Å². The number of halogens is 5. The van der Waals surface area contributed by atoms with E-state index in [1.165, 1.54) is 0 Å². The number of nitrogens with two attached hydrogens (primary N) is 1. The molecule has 1 aromatic carbocycles. The number of benzene rings is 1. The van der Waals surface area contributed by atoms with Gasteiger partial charge < -0.3 is 30.7 Å². The molecule has 0 amide bonds. The van der Waals surface area contributed by atoms with Crippen LogP contribution in [0.3, 0.4) is 0 Å². The highest BCUT2D eigenvalue weighted by Gasteiger charge is 2.36.